The first-order valence-electron chi connectivity index (χ1n) is 9.41. The van der Waals surface area contributed by atoms with Crippen LogP contribution in [0.25, 0.3) is 11.2 Å². The molecular weight excluding hydrogens is 376 g/mol. The van der Waals surface area contributed by atoms with E-state index in [1.54, 1.807) is 4.57 Å². The molecule has 1 aromatic carbocycles. The van der Waals surface area contributed by atoms with E-state index in [0.717, 1.165) is 5.56 Å². The summed E-state index contributed by atoms with van der Waals surface area (Å²) in [5.74, 6) is 0.752. The minimum absolute atomic E-state index is 0.179. The predicted molar refractivity (Wildman–Crippen MR) is 106 cm³/mol. The van der Waals surface area contributed by atoms with E-state index in [4.69, 9.17) is 10.5 Å². The highest BCUT2D eigenvalue weighted by Gasteiger charge is 2.45. The zero-order chi connectivity index (χ0) is 20.5. The van der Waals surface area contributed by atoms with Crippen molar-refractivity contribution in [3.63, 3.8) is 0 Å². The van der Waals surface area contributed by atoms with E-state index >= 15 is 0 Å². The van der Waals surface area contributed by atoms with Crippen molar-refractivity contribution in [3.05, 3.63) is 42.2 Å². The molecule has 0 saturated carbocycles. The number of rotatable bonds is 6. The molecule has 0 aliphatic carbocycles. The van der Waals surface area contributed by atoms with Crippen LogP contribution in [0.2, 0.25) is 0 Å². The van der Waals surface area contributed by atoms with E-state index in [9.17, 15) is 15.3 Å². The fourth-order valence-corrected chi connectivity index (χ4v) is 3.53. The molecule has 0 spiro atoms. The van der Waals surface area contributed by atoms with Crippen molar-refractivity contribution < 1.29 is 20.1 Å². The van der Waals surface area contributed by atoms with Crippen molar-refractivity contribution >= 4 is 22.9 Å². The first-order valence-corrected chi connectivity index (χ1v) is 9.41. The number of ether oxygens (including phenoxy) is 1. The van der Waals surface area contributed by atoms with Gasteiger partial charge in [0.05, 0.1) is 6.61 Å². The Hall–Kier alpha value is -2.79. The molecule has 1 fully saturated rings. The smallest absolute Gasteiger partial charge is 0.207 e. The minimum atomic E-state index is -1.27. The summed E-state index contributed by atoms with van der Waals surface area (Å²) in [5, 5.41) is 33.3. The quantitative estimate of drug-likeness (QED) is 0.392. The number of nitrogens with zero attached hydrogens (tertiary/aromatic N) is 4. The topological polar surface area (TPSA) is 152 Å². The molecule has 1 saturated heterocycles. The molecule has 5 atom stereocenters. The van der Waals surface area contributed by atoms with E-state index in [-0.39, 0.29) is 11.7 Å². The SMILES string of the molecule is CC(CNc1nc2c(N)ncnc2n1[C@@H]1O[C@H](CO)[C@@H](O)[C@H]1O)c1ccccc1. The van der Waals surface area contributed by atoms with Gasteiger partial charge in [0.25, 0.3) is 0 Å². The van der Waals surface area contributed by atoms with Crippen LogP contribution in [0.15, 0.2) is 36.7 Å². The van der Waals surface area contributed by atoms with Gasteiger partial charge in [-0.15, -0.1) is 0 Å². The highest BCUT2D eigenvalue weighted by molar-refractivity contribution is 5.84. The molecule has 29 heavy (non-hydrogen) atoms. The van der Waals surface area contributed by atoms with Gasteiger partial charge in [-0.1, -0.05) is 37.3 Å². The Morgan fingerprint density at radius 3 is 2.66 bits per heavy atom. The number of nitrogens with two attached hydrogens (primary N) is 1. The lowest BCUT2D eigenvalue weighted by Crippen LogP contribution is -2.33. The van der Waals surface area contributed by atoms with Gasteiger partial charge in [0.15, 0.2) is 23.2 Å². The molecule has 0 bridgehead atoms. The number of aromatic nitrogens is 4. The fraction of sp³-hybridized carbons (Fsp3) is 0.421. The molecule has 6 N–H and O–H groups in total. The monoisotopic (exact) mass is 400 g/mol. The van der Waals surface area contributed by atoms with Crippen molar-refractivity contribution in [1.82, 2.24) is 19.5 Å². The normalized spacial score (nSPS) is 25.4. The van der Waals surface area contributed by atoms with Crippen LogP contribution in [0.5, 0.6) is 0 Å². The largest absolute Gasteiger partial charge is 0.394 e. The Morgan fingerprint density at radius 2 is 1.97 bits per heavy atom. The molecular formula is C19H24N6O4. The molecule has 0 amide bonds. The standard InChI is InChI=1S/C19H24N6O4/c1-10(11-5-3-2-4-6-11)7-21-19-24-13-16(20)22-9-23-17(13)25(19)18-15(28)14(27)12(8-26)29-18/h2-6,9-10,12,14-15,18,26-28H,7-8H2,1H3,(H,21,24)(H2,20,22,23)/t10?,12-,14-,15-,18-/m1/s1. The lowest BCUT2D eigenvalue weighted by Gasteiger charge is -2.20. The summed E-state index contributed by atoms with van der Waals surface area (Å²) < 4.78 is 7.24. The van der Waals surface area contributed by atoms with Gasteiger partial charge in [0.2, 0.25) is 5.95 Å². The van der Waals surface area contributed by atoms with Crippen LogP contribution in [0.3, 0.4) is 0 Å². The number of aliphatic hydroxyl groups excluding tert-OH is 3. The van der Waals surface area contributed by atoms with Crippen LogP contribution < -0.4 is 11.1 Å². The second-order valence-corrected chi connectivity index (χ2v) is 7.16. The number of imidazole rings is 1. The summed E-state index contributed by atoms with van der Waals surface area (Å²) >= 11 is 0. The summed E-state index contributed by atoms with van der Waals surface area (Å²) in [4.78, 5) is 12.7. The van der Waals surface area contributed by atoms with Crippen LogP contribution in [-0.4, -0.2) is 66.3 Å². The molecule has 3 aromatic rings. The van der Waals surface area contributed by atoms with E-state index in [1.165, 1.54) is 6.33 Å². The first kappa shape index (κ1) is 19.5. The highest BCUT2D eigenvalue weighted by Crippen LogP contribution is 2.35. The van der Waals surface area contributed by atoms with E-state index < -0.39 is 31.1 Å². The summed E-state index contributed by atoms with van der Waals surface area (Å²) in [6.45, 7) is 2.21. The maximum atomic E-state index is 10.5. The first-order chi connectivity index (χ1) is 14.0. The lowest BCUT2D eigenvalue weighted by molar-refractivity contribution is -0.0501. The number of hydrogen-bond donors (Lipinski definition) is 5. The van der Waals surface area contributed by atoms with E-state index in [0.29, 0.717) is 23.7 Å². The van der Waals surface area contributed by atoms with Crippen LogP contribution in [-0.2, 0) is 4.74 Å². The number of anilines is 2. The Kier molecular flexibility index (Phi) is 5.33. The van der Waals surface area contributed by atoms with Crippen LogP contribution in [0.1, 0.15) is 24.6 Å². The van der Waals surface area contributed by atoms with Gasteiger partial charge in [-0.05, 0) is 11.5 Å². The molecule has 1 unspecified atom stereocenters. The van der Waals surface area contributed by atoms with Crippen LogP contribution in [0.4, 0.5) is 11.8 Å². The van der Waals surface area contributed by atoms with Crippen molar-refractivity contribution in [1.29, 1.82) is 0 Å². The van der Waals surface area contributed by atoms with Gasteiger partial charge in [0, 0.05) is 6.54 Å². The molecule has 10 heteroatoms. The average Bonchev–Trinajstić information content (AvgIpc) is 3.25. The third kappa shape index (κ3) is 3.51. The van der Waals surface area contributed by atoms with E-state index in [1.807, 2.05) is 30.3 Å². The molecule has 0 radical (unpaired) electrons. The summed E-state index contributed by atoms with van der Waals surface area (Å²) in [6.07, 6.45) is -3.11. The molecule has 4 rings (SSSR count). The molecule has 154 valence electrons. The molecule has 3 heterocycles. The van der Waals surface area contributed by atoms with Gasteiger partial charge in [0.1, 0.15) is 24.6 Å². The maximum absolute atomic E-state index is 10.5. The average molecular weight is 400 g/mol. The van der Waals surface area contributed by atoms with Gasteiger partial charge in [-0.3, -0.25) is 4.57 Å². The van der Waals surface area contributed by atoms with Crippen LogP contribution >= 0.6 is 0 Å². The van der Waals surface area contributed by atoms with Crippen molar-refractivity contribution in [2.24, 2.45) is 0 Å². The summed E-state index contributed by atoms with van der Waals surface area (Å²) in [7, 11) is 0. The van der Waals surface area contributed by atoms with Crippen molar-refractivity contribution in [3.8, 4) is 0 Å². The number of fused-ring (bicyclic) bond motifs is 1. The lowest BCUT2D eigenvalue weighted by atomic mass is 10.0. The number of hydrogen-bond acceptors (Lipinski definition) is 9. The molecule has 1 aliphatic rings. The fourth-order valence-electron chi connectivity index (χ4n) is 3.53. The highest BCUT2D eigenvalue weighted by atomic mass is 16.6. The van der Waals surface area contributed by atoms with Gasteiger partial charge >= 0.3 is 0 Å². The third-order valence-corrected chi connectivity index (χ3v) is 5.21. The molecule has 10 nitrogen and oxygen atoms in total. The molecule has 2 aromatic heterocycles. The van der Waals surface area contributed by atoms with Gasteiger partial charge in [-0.25, -0.2) is 15.0 Å². The second kappa shape index (κ2) is 7.91. The third-order valence-electron chi connectivity index (χ3n) is 5.21. The Bertz CT molecular complexity index is 981. The zero-order valence-corrected chi connectivity index (χ0v) is 15.9. The van der Waals surface area contributed by atoms with Crippen LogP contribution in [0, 0.1) is 0 Å². The van der Waals surface area contributed by atoms with Gasteiger partial charge in [-0.2, -0.15) is 0 Å². The number of nitrogens with one attached hydrogen (secondary N) is 1. The summed E-state index contributed by atoms with van der Waals surface area (Å²) in [6, 6.07) is 10.0. The minimum Gasteiger partial charge on any atom is -0.394 e. The molecule has 1 aliphatic heterocycles. The predicted octanol–water partition coefficient (Wildman–Crippen LogP) is 0.236. The van der Waals surface area contributed by atoms with Crippen molar-refractivity contribution in [2.45, 2.75) is 37.4 Å². The number of nitrogen functional groups attached to an aromatic ring is 1. The maximum Gasteiger partial charge on any atom is 0.207 e. The Balaban J connectivity index is 1.68. The Labute approximate surface area is 167 Å². The zero-order valence-electron chi connectivity index (χ0n) is 15.9. The summed E-state index contributed by atoms with van der Waals surface area (Å²) in [5.41, 5.74) is 7.84. The number of aliphatic hydroxyl groups is 3. The number of benzene rings is 1. The second-order valence-electron chi connectivity index (χ2n) is 7.16. The van der Waals surface area contributed by atoms with E-state index in [2.05, 4.69) is 27.2 Å². The Morgan fingerprint density at radius 1 is 1.21 bits per heavy atom. The van der Waals surface area contributed by atoms with Crippen molar-refractivity contribution in [2.75, 3.05) is 24.2 Å². The van der Waals surface area contributed by atoms with Gasteiger partial charge < -0.3 is 31.1 Å².